The normalized spacial score (nSPS) is 11.8. The van der Waals surface area contributed by atoms with E-state index in [1.54, 1.807) is 4.57 Å². The first-order valence-electron chi connectivity index (χ1n) is 8.64. The Hall–Kier alpha value is -2.73. The van der Waals surface area contributed by atoms with Crippen molar-refractivity contribution in [1.29, 1.82) is 0 Å². The molecule has 3 aromatic rings. The third kappa shape index (κ3) is 3.85. The Morgan fingerprint density at radius 1 is 1.04 bits per heavy atom. The Morgan fingerprint density at radius 2 is 1.74 bits per heavy atom. The molecule has 0 saturated heterocycles. The summed E-state index contributed by atoms with van der Waals surface area (Å²) in [4.78, 5) is 29.6. The lowest BCUT2D eigenvalue weighted by Gasteiger charge is -2.06. The van der Waals surface area contributed by atoms with Crippen LogP contribution in [0.15, 0.2) is 35.3 Å². The van der Waals surface area contributed by atoms with E-state index in [2.05, 4.69) is 11.1 Å². The minimum Gasteiger partial charge on any atom is -0.468 e. The second-order valence-corrected chi connectivity index (χ2v) is 7.70. The Bertz CT molecular complexity index is 1120. The summed E-state index contributed by atoms with van der Waals surface area (Å²) in [6.07, 6.45) is 0. The lowest BCUT2D eigenvalue weighted by molar-refractivity contribution is -0.141. The Labute approximate surface area is 161 Å². The van der Waals surface area contributed by atoms with Crippen molar-refractivity contribution >= 4 is 33.4 Å². The van der Waals surface area contributed by atoms with Gasteiger partial charge in [-0.2, -0.15) is 4.99 Å². The van der Waals surface area contributed by atoms with Crippen LogP contribution in [0.4, 0.5) is 0 Å². The summed E-state index contributed by atoms with van der Waals surface area (Å²) in [5.41, 5.74) is 5.60. The summed E-state index contributed by atoms with van der Waals surface area (Å²) in [7, 11) is 1.35. The van der Waals surface area contributed by atoms with Crippen molar-refractivity contribution in [3.05, 3.63) is 63.0 Å². The molecule has 0 spiro atoms. The van der Waals surface area contributed by atoms with Gasteiger partial charge in [0, 0.05) is 5.56 Å². The van der Waals surface area contributed by atoms with Crippen LogP contribution in [0.2, 0.25) is 0 Å². The van der Waals surface area contributed by atoms with Gasteiger partial charge in [-0.25, -0.2) is 0 Å². The van der Waals surface area contributed by atoms with Gasteiger partial charge >= 0.3 is 5.97 Å². The number of aromatic nitrogens is 1. The number of hydrogen-bond acceptors (Lipinski definition) is 4. The number of carbonyl (C=O) groups excluding carboxylic acids is 2. The summed E-state index contributed by atoms with van der Waals surface area (Å²) < 4.78 is 7.56. The van der Waals surface area contributed by atoms with Gasteiger partial charge in [0.1, 0.15) is 6.54 Å². The lowest BCUT2D eigenvalue weighted by atomic mass is 10.1. The van der Waals surface area contributed by atoms with Crippen LogP contribution in [-0.2, 0) is 16.1 Å². The van der Waals surface area contributed by atoms with Crippen LogP contribution >= 0.6 is 11.3 Å². The highest BCUT2D eigenvalue weighted by molar-refractivity contribution is 7.16. The highest BCUT2D eigenvalue weighted by Gasteiger charge is 2.14. The zero-order chi connectivity index (χ0) is 19.7. The highest BCUT2D eigenvalue weighted by Crippen LogP contribution is 2.22. The number of esters is 1. The standard InChI is InChI=1S/C21H22N2O3S/c1-12-6-7-13(2)16(8-12)20(25)22-21-23(11-19(24)26-5)17-9-14(3)15(4)10-18(17)27-21/h6-10H,11H2,1-5H3. The zero-order valence-corrected chi connectivity index (χ0v) is 16.9. The maximum atomic E-state index is 12.8. The summed E-state index contributed by atoms with van der Waals surface area (Å²) in [5, 5.41) is 0. The van der Waals surface area contributed by atoms with Gasteiger partial charge in [-0.15, -0.1) is 0 Å². The van der Waals surface area contributed by atoms with E-state index in [9.17, 15) is 9.59 Å². The van der Waals surface area contributed by atoms with Gasteiger partial charge in [-0.1, -0.05) is 29.0 Å². The average molecular weight is 382 g/mol. The van der Waals surface area contributed by atoms with E-state index in [1.807, 2.05) is 52.0 Å². The van der Waals surface area contributed by atoms with Crippen LogP contribution in [0.5, 0.6) is 0 Å². The average Bonchev–Trinajstić information content (AvgIpc) is 2.93. The molecule has 3 rings (SSSR count). The number of rotatable bonds is 3. The quantitative estimate of drug-likeness (QED) is 0.647. The van der Waals surface area contributed by atoms with Crippen molar-refractivity contribution in [2.45, 2.75) is 34.2 Å². The van der Waals surface area contributed by atoms with Crippen molar-refractivity contribution < 1.29 is 14.3 Å². The van der Waals surface area contributed by atoms with E-state index in [0.29, 0.717) is 10.4 Å². The molecule has 140 valence electrons. The zero-order valence-electron chi connectivity index (χ0n) is 16.1. The van der Waals surface area contributed by atoms with Gasteiger partial charge in [0.2, 0.25) is 0 Å². The van der Waals surface area contributed by atoms with Crippen LogP contribution in [0, 0.1) is 27.7 Å². The third-order valence-corrected chi connectivity index (χ3v) is 5.67. The van der Waals surface area contributed by atoms with E-state index in [4.69, 9.17) is 4.74 Å². The molecule has 1 amide bonds. The van der Waals surface area contributed by atoms with Gasteiger partial charge in [-0.3, -0.25) is 9.59 Å². The van der Waals surface area contributed by atoms with E-state index >= 15 is 0 Å². The molecule has 0 aliphatic rings. The number of carbonyl (C=O) groups is 2. The lowest BCUT2D eigenvalue weighted by Crippen LogP contribution is -2.22. The minimum absolute atomic E-state index is 0.0118. The van der Waals surface area contributed by atoms with Crippen molar-refractivity contribution in [3.63, 3.8) is 0 Å². The predicted octanol–water partition coefficient (Wildman–Crippen LogP) is 3.85. The Balaban J connectivity index is 2.21. The van der Waals surface area contributed by atoms with E-state index in [-0.39, 0.29) is 18.4 Å². The van der Waals surface area contributed by atoms with Crippen molar-refractivity contribution in [3.8, 4) is 0 Å². The number of hydrogen-bond donors (Lipinski definition) is 0. The molecule has 0 atom stereocenters. The predicted molar refractivity (Wildman–Crippen MR) is 107 cm³/mol. The molecule has 1 heterocycles. The van der Waals surface area contributed by atoms with Crippen molar-refractivity contribution in [2.75, 3.05) is 7.11 Å². The number of methoxy groups -OCH3 is 1. The number of fused-ring (bicyclic) bond motifs is 1. The molecular formula is C21H22N2O3S. The van der Waals surface area contributed by atoms with Crippen LogP contribution < -0.4 is 4.80 Å². The molecule has 0 aliphatic carbocycles. The van der Waals surface area contributed by atoms with Crippen LogP contribution in [-0.4, -0.2) is 23.6 Å². The summed E-state index contributed by atoms with van der Waals surface area (Å²) in [5.74, 6) is -0.691. The summed E-state index contributed by atoms with van der Waals surface area (Å²) in [6.45, 7) is 7.91. The largest absolute Gasteiger partial charge is 0.468 e. The topological polar surface area (TPSA) is 60.7 Å². The van der Waals surface area contributed by atoms with Crippen LogP contribution in [0.1, 0.15) is 32.6 Å². The molecule has 0 unspecified atom stereocenters. The Morgan fingerprint density at radius 3 is 2.44 bits per heavy atom. The molecule has 0 fully saturated rings. The number of thiazole rings is 1. The first kappa shape index (κ1) is 19.0. The first-order chi connectivity index (χ1) is 12.8. The maximum Gasteiger partial charge on any atom is 0.325 e. The summed E-state index contributed by atoms with van der Waals surface area (Å²) >= 11 is 1.40. The van der Waals surface area contributed by atoms with E-state index in [1.165, 1.54) is 18.4 Å². The molecule has 27 heavy (non-hydrogen) atoms. The maximum absolute atomic E-state index is 12.8. The number of aryl methyl sites for hydroxylation is 4. The van der Waals surface area contributed by atoms with Crippen molar-refractivity contribution in [2.24, 2.45) is 4.99 Å². The second-order valence-electron chi connectivity index (χ2n) is 6.69. The molecule has 5 nitrogen and oxygen atoms in total. The first-order valence-corrected chi connectivity index (χ1v) is 9.45. The highest BCUT2D eigenvalue weighted by atomic mass is 32.1. The molecule has 0 bridgehead atoms. The van der Waals surface area contributed by atoms with E-state index in [0.717, 1.165) is 32.5 Å². The number of ether oxygens (including phenoxy) is 1. The minimum atomic E-state index is -0.381. The third-order valence-electron chi connectivity index (χ3n) is 4.63. The van der Waals surface area contributed by atoms with Gasteiger partial charge in [0.05, 0.1) is 17.3 Å². The van der Waals surface area contributed by atoms with Crippen molar-refractivity contribution in [1.82, 2.24) is 4.57 Å². The Kier molecular flexibility index (Phi) is 5.28. The number of benzene rings is 2. The fraction of sp³-hybridized carbons (Fsp3) is 0.286. The molecule has 6 heteroatoms. The summed E-state index contributed by atoms with van der Waals surface area (Å²) in [6, 6.07) is 9.80. The second kappa shape index (κ2) is 7.48. The molecule has 0 saturated carbocycles. The van der Waals surface area contributed by atoms with Gasteiger partial charge in [0.15, 0.2) is 4.80 Å². The van der Waals surface area contributed by atoms with E-state index < -0.39 is 0 Å². The number of nitrogens with zero attached hydrogens (tertiary/aromatic N) is 2. The van der Waals surface area contributed by atoms with Crippen LogP contribution in [0.25, 0.3) is 10.2 Å². The van der Waals surface area contributed by atoms with Gasteiger partial charge in [-0.05, 0) is 62.6 Å². The van der Waals surface area contributed by atoms with Crippen LogP contribution in [0.3, 0.4) is 0 Å². The molecular weight excluding hydrogens is 360 g/mol. The molecule has 0 N–H and O–H groups in total. The van der Waals surface area contributed by atoms with Gasteiger partial charge in [0.25, 0.3) is 5.91 Å². The fourth-order valence-electron chi connectivity index (χ4n) is 2.87. The fourth-order valence-corrected chi connectivity index (χ4v) is 3.97. The number of amides is 1. The SMILES string of the molecule is COC(=O)Cn1c(=NC(=O)c2cc(C)ccc2C)sc2cc(C)c(C)cc21. The monoisotopic (exact) mass is 382 g/mol. The molecule has 1 aromatic heterocycles. The molecule has 0 radical (unpaired) electrons. The molecule has 0 aliphatic heterocycles. The van der Waals surface area contributed by atoms with Gasteiger partial charge < -0.3 is 9.30 Å². The molecule has 2 aromatic carbocycles. The smallest absolute Gasteiger partial charge is 0.325 e.